The van der Waals surface area contributed by atoms with Crippen molar-refractivity contribution in [3.05, 3.63) is 0 Å². The van der Waals surface area contributed by atoms with E-state index in [4.69, 9.17) is 10.5 Å². The monoisotopic (exact) mass is 292 g/mol. The molecule has 1 aliphatic rings. The fourth-order valence-electron chi connectivity index (χ4n) is 2.26. The topological polar surface area (TPSA) is 81.4 Å². The van der Waals surface area contributed by atoms with Crippen molar-refractivity contribution in [1.82, 2.24) is 5.32 Å². The van der Waals surface area contributed by atoms with E-state index in [1.54, 1.807) is 13.8 Å². The van der Waals surface area contributed by atoms with Crippen LogP contribution in [0.3, 0.4) is 0 Å². The lowest BCUT2D eigenvalue weighted by atomic mass is 10.00. The van der Waals surface area contributed by atoms with Crippen molar-refractivity contribution in [3.63, 3.8) is 0 Å². The van der Waals surface area contributed by atoms with Gasteiger partial charge < -0.3 is 15.8 Å². The largest absolute Gasteiger partial charge is 0.463 e. The highest BCUT2D eigenvalue weighted by Gasteiger charge is 2.25. The number of carbonyl (C=O) groups excluding carboxylic acids is 2. The van der Waals surface area contributed by atoms with Gasteiger partial charge in [0.25, 0.3) is 0 Å². The van der Waals surface area contributed by atoms with Gasteiger partial charge in [-0.25, -0.2) is 0 Å². The SMILES string of the molecule is CC(C)OC(=O)CCNC(=O)C[C@@H]1CCC[C@H]1N.Cl. The summed E-state index contributed by atoms with van der Waals surface area (Å²) in [4.78, 5) is 22.9. The molecule has 112 valence electrons. The van der Waals surface area contributed by atoms with Crippen LogP contribution >= 0.6 is 12.4 Å². The summed E-state index contributed by atoms with van der Waals surface area (Å²) in [6, 6.07) is 0.154. The Morgan fingerprint density at radius 3 is 2.58 bits per heavy atom. The van der Waals surface area contributed by atoms with Crippen molar-refractivity contribution in [3.8, 4) is 0 Å². The number of amides is 1. The van der Waals surface area contributed by atoms with Gasteiger partial charge in [-0.2, -0.15) is 0 Å². The maximum Gasteiger partial charge on any atom is 0.307 e. The molecule has 0 unspecified atom stereocenters. The van der Waals surface area contributed by atoms with E-state index in [2.05, 4.69) is 5.32 Å². The molecular formula is C13H25ClN2O3. The first-order chi connectivity index (χ1) is 8.49. The van der Waals surface area contributed by atoms with Gasteiger partial charge in [0.15, 0.2) is 0 Å². The summed E-state index contributed by atoms with van der Waals surface area (Å²) >= 11 is 0. The molecule has 1 amide bonds. The Morgan fingerprint density at radius 2 is 2.05 bits per heavy atom. The number of hydrogen-bond acceptors (Lipinski definition) is 4. The lowest BCUT2D eigenvalue weighted by Crippen LogP contribution is -2.32. The van der Waals surface area contributed by atoms with Gasteiger partial charge in [0, 0.05) is 19.0 Å². The molecule has 0 aromatic heterocycles. The summed E-state index contributed by atoms with van der Waals surface area (Å²) in [5, 5.41) is 2.74. The highest BCUT2D eigenvalue weighted by molar-refractivity contribution is 5.85. The zero-order chi connectivity index (χ0) is 13.5. The molecule has 1 aliphatic carbocycles. The molecule has 19 heavy (non-hydrogen) atoms. The summed E-state index contributed by atoms with van der Waals surface area (Å²) in [6.45, 7) is 3.95. The Balaban J connectivity index is 0.00000324. The summed E-state index contributed by atoms with van der Waals surface area (Å²) in [5.41, 5.74) is 5.90. The van der Waals surface area contributed by atoms with E-state index >= 15 is 0 Å². The third-order valence-corrected chi connectivity index (χ3v) is 3.18. The lowest BCUT2D eigenvalue weighted by molar-refractivity contribution is -0.147. The van der Waals surface area contributed by atoms with Gasteiger partial charge in [-0.1, -0.05) is 6.42 Å². The standard InChI is InChI=1S/C13H24N2O3.ClH/c1-9(2)18-13(17)6-7-15-12(16)8-10-4-3-5-11(10)14;/h9-11H,3-8,14H2,1-2H3,(H,15,16);1H/t10-,11+;/m0./s1. The van der Waals surface area contributed by atoms with Crippen molar-refractivity contribution >= 4 is 24.3 Å². The van der Waals surface area contributed by atoms with Gasteiger partial charge in [0.05, 0.1) is 12.5 Å². The molecule has 0 heterocycles. The van der Waals surface area contributed by atoms with Gasteiger partial charge in [0.1, 0.15) is 0 Å². The maximum absolute atomic E-state index is 11.6. The maximum atomic E-state index is 11.6. The van der Waals surface area contributed by atoms with E-state index in [1.807, 2.05) is 0 Å². The number of carbonyl (C=O) groups is 2. The Hall–Kier alpha value is -0.810. The number of hydrogen-bond donors (Lipinski definition) is 2. The Bertz CT molecular complexity index is 298. The van der Waals surface area contributed by atoms with Crippen LogP contribution in [0.4, 0.5) is 0 Å². The molecule has 0 aliphatic heterocycles. The Morgan fingerprint density at radius 1 is 1.37 bits per heavy atom. The second-order valence-corrected chi connectivity index (χ2v) is 5.20. The van der Waals surface area contributed by atoms with Crippen molar-refractivity contribution in [2.75, 3.05) is 6.54 Å². The van der Waals surface area contributed by atoms with Crippen LogP contribution < -0.4 is 11.1 Å². The minimum absolute atomic E-state index is 0. The van der Waals surface area contributed by atoms with Crippen LogP contribution in [0.1, 0.15) is 46.0 Å². The molecule has 1 saturated carbocycles. The van der Waals surface area contributed by atoms with Crippen LogP contribution in [0.5, 0.6) is 0 Å². The zero-order valence-corrected chi connectivity index (χ0v) is 12.5. The molecule has 6 heteroatoms. The average Bonchev–Trinajstić information content (AvgIpc) is 2.63. The van der Waals surface area contributed by atoms with Crippen molar-refractivity contribution in [2.45, 2.75) is 58.1 Å². The number of halogens is 1. The number of esters is 1. The van der Waals surface area contributed by atoms with E-state index in [0.717, 1.165) is 19.3 Å². The van der Waals surface area contributed by atoms with E-state index in [9.17, 15) is 9.59 Å². The molecule has 1 fully saturated rings. The fraction of sp³-hybridized carbons (Fsp3) is 0.846. The Labute approximate surface area is 121 Å². The summed E-state index contributed by atoms with van der Waals surface area (Å²) in [6.07, 6.45) is 3.74. The fourth-order valence-corrected chi connectivity index (χ4v) is 2.26. The lowest BCUT2D eigenvalue weighted by Gasteiger charge is -2.14. The highest BCUT2D eigenvalue weighted by Crippen LogP contribution is 2.26. The second kappa shape index (κ2) is 9.15. The molecule has 3 N–H and O–H groups in total. The molecule has 0 spiro atoms. The molecule has 0 aromatic rings. The average molecular weight is 293 g/mol. The quantitative estimate of drug-likeness (QED) is 0.725. The van der Waals surface area contributed by atoms with Crippen molar-refractivity contribution < 1.29 is 14.3 Å². The van der Waals surface area contributed by atoms with Gasteiger partial charge in [-0.15, -0.1) is 12.4 Å². The first-order valence-corrected chi connectivity index (χ1v) is 6.70. The molecular weight excluding hydrogens is 268 g/mol. The third kappa shape index (κ3) is 7.38. The van der Waals surface area contributed by atoms with Crippen molar-refractivity contribution in [1.29, 1.82) is 0 Å². The highest BCUT2D eigenvalue weighted by atomic mass is 35.5. The number of nitrogens with two attached hydrogens (primary N) is 1. The molecule has 0 saturated heterocycles. The van der Waals surface area contributed by atoms with E-state index in [1.165, 1.54) is 0 Å². The zero-order valence-electron chi connectivity index (χ0n) is 11.7. The first kappa shape index (κ1) is 18.2. The molecule has 5 nitrogen and oxygen atoms in total. The van der Waals surface area contributed by atoms with Crippen LogP contribution in [0, 0.1) is 5.92 Å². The van der Waals surface area contributed by atoms with Gasteiger partial charge in [0.2, 0.25) is 5.91 Å². The van der Waals surface area contributed by atoms with Crippen LogP contribution in [0.2, 0.25) is 0 Å². The smallest absolute Gasteiger partial charge is 0.307 e. The van der Waals surface area contributed by atoms with E-state index in [0.29, 0.717) is 18.9 Å². The second-order valence-electron chi connectivity index (χ2n) is 5.20. The molecule has 1 rings (SSSR count). The first-order valence-electron chi connectivity index (χ1n) is 6.70. The van der Waals surface area contributed by atoms with Crippen LogP contribution in [-0.4, -0.2) is 30.6 Å². The van der Waals surface area contributed by atoms with Crippen LogP contribution in [0.15, 0.2) is 0 Å². The minimum Gasteiger partial charge on any atom is -0.463 e. The van der Waals surface area contributed by atoms with E-state index in [-0.39, 0.29) is 42.9 Å². The predicted octanol–water partition coefficient (Wildman–Crippen LogP) is 1.38. The number of nitrogens with one attached hydrogen (secondary N) is 1. The number of ether oxygens (including phenoxy) is 1. The molecule has 0 bridgehead atoms. The number of rotatable bonds is 6. The summed E-state index contributed by atoms with van der Waals surface area (Å²) in [5.74, 6) is 0.00480. The van der Waals surface area contributed by atoms with Gasteiger partial charge >= 0.3 is 5.97 Å². The van der Waals surface area contributed by atoms with Crippen molar-refractivity contribution in [2.24, 2.45) is 11.7 Å². The summed E-state index contributed by atoms with van der Waals surface area (Å²) in [7, 11) is 0. The van der Waals surface area contributed by atoms with Gasteiger partial charge in [-0.3, -0.25) is 9.59 Å². The molecule has 0 aromatic carbocycles. The van der Waals surface area contributed by atoms with Crippen LogP contribution in [0.25, 0.3) is 0 Å². The van der Waals surface area contributed by atoms with E-state index < -0.39 is 0 Å². The predicted molar refractivity (Wildman–Crippen MR) is 76.0 cm³/mol. The normalized spacial score (nSPS) is 21.9. The summed E-state index contributed by atoms with van der Waals surface area (Å²) < 4.78 is 4.97. The Kier molecular flexibility index (Phi) is 8.76. The minimum atomic E-state index is -0.275. The molecule has 0 radical (unpaired) electrons. The van der Waals surface area contributed by atoms with Gasteiger partial charge in [-0.05, 0) is 32.6 Å². The van der Waals surface area contributed by atoms with Crippen LogP contribution in [-0.2, 0) is 14.3 Å². The third-order valence-electron chi connectivity index (χ3n) is 3.18. The molecule has 2 atom stereocenters.